The van der Waals surface area contributed by atoms with Gasteiger partial charge in [-0.25, -0.2) is 0 Å². The van der Waals surface area contributed by atoms with Crippen molar-refractivity contribution in [2.24, 2.45) is 0 Å². The minimum atomic E-state index is -0.906. The first-order chi connectivity index (χ1) is 14.5. The van der Waals surface area contributed by atoms with Gasteiger partial charge in [-0.05, 0) is 48.9 Å². The quantitative estimate of drug-likeness (QED) is 0.530. The number of ether oxygens (including phenoxy) is 1. The van der Waals surface area contributed by atoms with Gasteiger partial charge in [0.05, 0.1) is 23.8 Å². The maximum Gasteiger partial charge on any atom is 0.307 e. The molecule has 0 amide bonds. The molecule has 30 heavy (non-hydrogen) atoms. The van der Waals surface area contributed by atoms with Crippen molar-refractivity contribution in [1.82, 2.24) is 14.5 Å². The molecule has 0 saturated carbocycles. The van der Waals surface area contributed by atoms with Gasteiger partial charge in [0.25, 0.3) is 5.91 Å². The van der Waals surface area contributed by atoms with Gasteiger partial charge in [-0.15, -0.1) is 0 Å². The zero-order valence-electron chi connectivity index (χ0n) is 16.3. The smallest absolute Gasteiger partial charge is 0.307 e. The van der Waals surface area contributed by atoms with Gasteiger partial charge >= 0.3 is 5.97 Å². The molecule has 7 nitrogen and oxygen atoms in total. The molecule has 0 unspecified atom stereocenters. The Morgan fingerprint density at radius 1 is 1.10 bits per heavy atom. The molecule has 0 bridgehead atoms. The van der Waals surface area contributed by atoms with Crippen molar-refractivity contribution >= 4 is 22.8 Å². The lowest BCUT2D eigenvalue weighted by atomic mass is 10.1. The third-order valence-corrected chi connectivity index (χ3v) is 4.77. The fraction of sp³-hybridized carbons (Fsp3) is 0.130. The molecule has 4 aromatic rings. The lowest BCUT2D eigenvalue weighted by Gasteiger charge is -2.09. The van der Waals surface area contributed by atoms with Crippen molar-refractivity contribution in [3.05, 3.63) is 89.6 Å². The molecule has 0 aliphatic carbocycles. The van der Waals surface area contributed by atoms with Crippen LogP contribution in [0.2, 0.25) is 0 Å². The van der Waals surface area contributed by atoms with E-state index < -0.39 is 5.97 Å². The molecular formula is C23H19N3O4. The number of nitrogens with zero attached hydrogens (tertiary/aromatic N) is 3. The molecule has 150 valence electrons. The normalized spacial score (nSPS) is 10.8. The van der Waals surface area contributed by atoms with Gasteiger partial charge in [-0.3, -0.25) is 24.1 Å². The molecule has 0 atom stereocenters. The van der Waals surface area contributed by atoms with Crippen molar-refractivity contribution in [3.8, 4) is 5.75 Å². The van der Waals surface area contributed by atoms with Gasteiger partial charge in [0.2, 0.25) is 0 Å². The number of rotatable bonds is 6. The standard InChI is InChI=1S/C23H19N3O4/c1-15-11-20-17(12-22(27)28)3-2-4-21(20)26(15)23(29)16-5-7-19(8-6-16)30-14-18-13-24-9-10-25-18/h2-11,13H,12,14H2,1H3,(H,27,28). The molecule has 4 rings (SSSR count). The van der Waals surface area contributed by atoms with Crippen molar-refractivity contribution < 1.29 is 19.4 Å². The molecule has 2 heterocycles. The Balaban J connectivity index is 1.58. The maximum absolute atomic E-state index is 13.2. The van der Waals surface area contributed by atoms with Crippen LogP contribution in [-0.2, 0) is 17.8 Å². The van der Waals surface area contributed by atoms with Gasteiger partial charge in [0.15, 0.2) is 0 Å². The van der Waals surface area contributed by atoms with Crippen LogP contribution in [0.5, 0.6) is 5.75 Å². The fourth-order valence-corrected chi connectivity index (χ4v) is 3.40. The summed E-state index contributed by atoms with van der Waals surface area (Å²) in [5.74, 6) is -0.471. The van der Waals surface area contributed by atoms with Crippen LogP contribution in [0, 0.1) is 6.92 Å². The molecule has 2 aromatic carbocycles. The second kappa shape index (κ2) is 8.16. The number of aryl methyl sites for hydroxylation is 1. The first-order valence-corrected chi connectivity index (χ1v) is 9.37. The number of carboxylic acid groups (broad SMARTS) is 1. The predicted molar refractivity (Wildman–Crippen MR) is 111 cm³/mol. The average molecular weight is 401 g/mol. The second-order valence-electron chi connectivity index (χ2n) is 6.86. The number of carboxylic acids is 1. The van der Waals surface area contributed by atoms with E-state index in [1.54, 1.807) is 59.6 Å². The lowest BCUT2D eigenvalue weighted by Crippen LogP contribution is -2.13. The van der Waals surface area contributed by atoms with Gasteiger partial charge in [-0.2, -0.15) is 0 Å². The van der Waals surface area contributed by atoms with E-state index in [1.807, 2.05) is 19.1 Å². The molecule has 7 heteroatoms. The van der Waals surface area contributed by atoms with Crippen LogP contribution in [0.4, 0.5) is 0 Å². The highest BCUT2D eigenvalue weighted by Crippen LogP contribution is 2.25. The van der Waals surface area contributed by atoms with Crippen molar-refractivity contribution in [1.29, 1.82) is 0 Å². The number of fused-ring (bicyclic) bond motifs is 1. The van der Waals surface area contributed by atoms with E-state index in [0.29, 0.717) is 28.1 Å². The topological polar surface area (TPSA) is 94.3 Å². The minimum Gasteiger partial charge on any atom is -0.487 e. The van der Waals surface area contributed by atoms with E-state index in [9.17, 15) is 9.59 Å². The summed E-state index contributed by atoms with van der Waals surface area (Å²) in [6.07, 6.45) is 4.75. The highest BCUT2D eigenvalue weighted by Gasteiger charge is 2.17. The first kappa shape index (κ1) is 19.3. The summed E-state index contributed by atoms with van der Waals surface area (Å²) in [7, 11) is 0. The number of hydrogen-bond donors (Lipinski definition) is 1. The lowest BCUT2D eigenvalue weighted by molar-refractivity contribution is -0.136. The third kappa shape index (κ3) is 3.91. The summed E-state index contributed by atoms with van der Waals surface area (Å²) in [6.45, 7) is 2.12. The summed E-state index contributed by atoms with van der Waals surface area (Å²) in [5, 5.41) is 9.91. The van der Waals surface area contributed by atoms with Crippen LogP contribution in [0.1, 0.15) is 27.3 Å². The predicted octanol–water partition coefficient (Wildman–Crippen LogP) is 3.63. The Kier molecular flexibility index (Phi) is 5.26. The van der Waals surface area contributed by atoms with Gasteiger partial charge in [0, 0.05) is 29.0 Å². The second-order valence-corrected chi connectivity index (χ2v) is 6.86. The Bertz CT molecular complexity index is 1210. The molecule has 2 aromatic heterocycles. The number of aromatic nitrogens is 3. The zero-order chi connectivity index (χ0) is 21.1. The zero-order valence-corrected chi connectivity index (χ0v) is 16.3. The summed E-state index contributed by atoms with van der Waals surface area (Å²) < 4.78 is 7.30. The first-order valence-electron chi connectivity index (χ1n) is 9.37. The monoisotopic (exact) mass is 401 g/mol. The molecule has 0 aliphatic heterocycles. The van der Waals surface area contributed by atoms with Crippen molar-refractivity contribution in [2.75, 3.05) is 0 Å². The van der Waals surface area contributed by atoms with E-state index in [1.165, 1.54) is 0 Å². The van der Waals surface area contributed by atoms with Gasteiger partial charge in [-0.1, -0.05) is 12.1 Å². The van der Waals surface area contributed by atoms with E-state index in [0.717, 1.165) is 11.1 Å². The highest BCUT2D eigenvalue weighted by molar-refractivity contribution is 6.04. The molecule has 0 aliphatic rings. The van der Waals surface area contributed by atoms with E-state index in [4.69, 9.17) is 9.84 Å². The fourth-order valence-electron chi connectivity index (χ4n) is 3.40. The van der Waals surface area contributed by atoms with E-state index in [2.05, 4.69) is 9.97 Å². The molecular weight excluding hydrogens is 382 g/mol. The summed E-state index contributed by atoms with van der Waals surface area (Å²) in [5.41, 5.74) is 3.34. The number of aliphatic carboxylic acids is 1. The summed E-state index contributed by atoms with van der Waals surface area (Å²) >= 11 is 0. The highest BCUT2D eigenvalue weighted by atomic mass is 16.5. The Labute approximate surface area is 172 Å². The number of hydrogen-bond acceptors (Lipinski definition) is 5. The molecule has 0 spiro atoms. The van der Waals surface area contributed by atoms with Crippen LogP contribution in [-0.4, -0.2) is 31.5 Å². The van der Waals surface area contributed by atoms with Crippen LogP contribution in [0.15, 0.2) is 67.1 Å². The van der Waals surface area contributed by atoms with Crippen LogP contribution >= 0.6 is 0 Å². The molecule has 0 fully saturated rings. The Morgan fingerprint density at radius 2 is 1.90 bits per heavy atom. The average Bonchev–Trinajstić information content (AvgIpc) is 3.09. The number of benzene rings is 2. The van der Waals surface area contributed by atoms with Gasteiger partial charge in [0.1, 0.15) is 12.4 Å². The van der Waals surface area contributed by atoms with Crippen LogP contribution in [0.25, 0.3) is 10.9 Å². The molecule has 0 radical (unpaired) electrons. The Morgan fingerprint density at radius 3 is 2.60 bits per heavy atom. The minimum absolute atomic E-state index is 0.0905. The largest absolute Gasteiger partial charge is 0.487 e. The molecule has 1 N–H and O–H groups in total. The van der Waals surface area contributed by atoms with Crippen LogP contribution < -0.4 is 4.74 Å². The van der Waals surface area contributed by atoms with Crippen LogP contribution in [0.3, 0.4) is 0 Å². The van der Waals surface area contributed by atoms with Crippen molar-refractivity contribution in [3.63, 3.8) is 0 Å². The summed E-state index contributed by atoms with van der Waals surface area (Å²) in [6, 6.07) is 14.1. The maximum atomic E-state index is 13.2. The number of carbonyl (C=O) groups is 2. The Hall–Kier alpha value is -4.00. The molecule has 0 saturated heterocycles. The summed E-state index contributed by atoms with van der Waals surface area (Å²) in [4.78, 5) is 32.4. The SMILES string of the molecule is Cc1cc2c(CC(=O)O)cccc2n1C(=O)c1ccc(OCc2cnccn2)cc1. The number of carbonyl (C=O) groups excluding carboxylic acids is 1. The third-order valence-electron chi connectivity index (χ3n) is 4.77. The van der Waals surface area contributed by atoms with E-state index >= 15 is 0 Å². The van der Waals surface area contributed by atoms with E-state index in [-0.39, 0.29) is 18.9 Å². The van der Waals surface area contributed by atoms with Gasteiger partial charge < -0.3 is 9.84 Å². The van der Waals surface area contributed by atoms with Crippen molar-refractivity contribution in [2.45, 2.75) is 20.0 Å².